The van der Waals surface area contributed by atoms with Gasteiger partial charge in [-0.2, -0.15) is 0 Å². The minimum atomic E-state index is 0.0413. The third-order valence-corrected chi connectivity index (χ3v) is 24.4. The summed E-state index contributed by atoms with van der Waals surface area (Å²) in [6, 6.07) is 104. The van der Waals surface area contributed by atoms with Gasteiger partial charge in [0, 0.05) is 117 Å². The van der Waals surface area contributed by atoms with E-state index in [0.717, 1.165) is 125 Å². The molecule has 9 nitrogen and oxygen atoms in total. The Morgan fingerprint density at radius 1 is 0.265 bits per heavy atom. The van der Waals surface area contributed by atoms with Crippen LogP contribution in [0, 0.1) is 0 Å². The van der Waals surface area contributed by atoms with E-state index < -0.39 is 0 Å². The lowest BCUT2D eigenvalue weighted by Crippen LogP contribution is -2.25. The van der Waals surface area contributed by atoms with E-state index in [9.17, 15) is 19.2 Å². The maximum atomic E-state index is 13.1. The Labute approximate surface area is 796 Å². The van der Waals surface area contributed by atoms with Gasteiger partial charge in [0.15, 0.2) is 23.1 Å². The number of anilines is 10. The summed E-state index contributed by atoms with van der Waals surface area (Å²) in [6.07, 6.45) is 19.3. The van der Waals surface area contributed by atoms with E-state index in [1.165, 1.54) is 97.1 Å². The summed E-state index contributed by atoms with van der Waals surface area (Å²) in [5.41, 5.74) is 22.6. The average molecular weight is 1770 g/mol. The fourth-order valence-corrected chi connectivity index (χ4v) is 15.7. The van der Waals surface area contributed by atoms with Crippen molar-refractivity contribution in [2.75, 3.05) is 32.7 Å². The zero-order valence-electron chi connectivity index (χ0n) is 83.8. The van der Waals surface area contributed by atoms with E-state index in [1.54, 1.807) is 0 Å². The molecule has 12 rings (SSSR count). The molecule has 1 unspecified atom stereocenters. The molecule has 0 aliphatic carbocycles. The number of carbonyl (C=O) groups excluding carboxylic acids is 4. The van der Waals surface area contributed by atoms with Crippen LogP contribution in [0.4, 0.5) is 56.9 Å². The summed E-state index contributed by atoms with van der Waals surface area (Å²) >= 11 is 0. The number of nitrogens with zero attached hydrogens (tertiary/aromatic N) is 4. The molecule has 0 heterocycles. The van der Waals surface area contributed by atoms with E-state index in [2.05, 4.69) is 316 Å². The van der Waals surface area contributed by atoms with Gasteiger partial charge < -0.3 is 24.3 Å². The van der Waals surface area contributed by atoms with Crippen LogP contribution in [-0.2, 0) is 5.41 Å². The van der Waals surface area contributed by atoms with Crippen LogP contribution in [0.5, 0.6) is 5.75 Å². The number of hydrogen-bond donors (Lipinski definition) is 0. The highest BCUT2D eigenvalue weighted by atomic mass is 16.5. The van der Waals surface area contributed by atoms with E-state index in [0.29, 0.717) is 66.1 Å². The first kappa shape index (κ1) is 106. The number of hydrogen-bond acceptors (Lipinski definition) is 9. The molecule has 0 saturated heterocycles. The van der Waals surface area contributed by atoms with Gasteiger partial charge in [-0.15, -0.1) is 0 Å². The van der Waals surface area contributed by atoms with Crippen molar-refractivity contribution in [2.24, 2.45) is 0 Å². The van der Waals surface area contributed by atoms with Gasteiger partial charge in [0.1, 0.15) is 5.75 Å². The van der Waals surface area contributed by atoms with Crippen molar-refractivity contribution in [1.29, 1.82) is 0 Å². The van der Waals surface area contributed by atoms with Gasteiger partial charge in [-0.05, 0) is 295 Å². The fourth-order valence-electron chi connectivity index (χ4n) is 15.7. The Hall–Kier alpha value is -11.7. The van der Waals surface area contributed by atoms with Crippen molar-refractivity contribution in [1.82, 2.24) is 0 Å². The summed E-state index contributed by atoms with van der Waals surface area (Å²) in [7, 11) is 0. The van der Waals surface area contributed by atoms with Crippen molar-refractivity contribution in [3.05, 3.63) is 365 Å². The first-order valence-electron chi connectivity index (χ1n) is 49.7. The Morgan fingerprint density at radius 2 is 0.508 bits per heavy atom. The molecule has 0 N–H and O–H groups in total. The Bertz CT molecular complexity index is 5200. The Balaban J connectivity index is 0.000000208. The van der Waals surface area contributed by atoms with Crippen LogP contribution in [-0.4, -0.2) is 42.3 Å². The van der Waals surface area contributed by atoms with Gasteiger partial charge in [-0.3, -0.25) is 19.2 Å². The van der Waals surface area contributed by atoms with Gasteiger partial charge >= 0.3 is 0 Å². The van der Waals surface area contributed by atoms with Crippen molar-refractivity contribution in [3.63, 3.8) is 0 Å². The number of carbonyl (C=O) groups is 4. The zero-order chi connectivity index (χ0) is 95.5. The van der Waals surface area contributed by atoms with Crippen LogP contribution < -0.4 is 24.3 Å². The highest BCUT2D eigenvalue weighted by Gasteiger charge is 2.22. The summed E-state index contributed by atoms with van der Waals surface area (Å²) in [5.74, 6) is 4.32. The first-order valence-corrected chi connectivity index (χ1v) is 49.7. The van der Waals surface area contributed by atoms with Gasteiger partial charge in [0.2, 0.25) is 0 Å². The van der Waals surface area contributed by atoms with Crippen molar-refractivity contribution in [3.8, 4) is 5.75 Å². The van der Waals surface area contributed by atoms with Crippen LogP contribution in [0.15, 0.2) is 303 Å². The molecule has 0 fully saturated rings. The minimum absolute atomic E-state index is 0.0413. The lowest BCUT2D eigenvalue weighted by Gasteiger charge is -2.26. The molecule has 0 aliphatic rings. The van der Waals surface area contributed by atoms with Crippen LogP contribution in [0.3, 0.4) is 0 Å². The number of Topliss-reactive ketones (excluding diaryl/α,β-unsaturated/α-hetero) is 3. The van der Waals surface area contributed by atoms with Gasteiger partial charge in [0.05, 0.1) is 6.10 Å². The standard InChI is InChI=1S/C32H33NO.C31H37NO2.C26H29NO.C19H33N.C15H24O/c1-23(2)24-13-19-29(20-14-24)33(28-9-7-6-8-10-28)30-21-15-26(16-22-30)31(34)25-11-17-27(18-12-25)32(3,4)5;1-5-7-9-30(33)25-13-19-28(20-14-25)32(27-17-11-24(12-18-27)23(3)4)29-21-15-26(16-22-29)31(34)10-8-6-2;1-4-5-11-26(28)22-14-18-25(19-15-22)27(23-9-7-6-8-10-23)24-16-12-21(13-17-24)20(2)3;1-5-7-9-15-20(16-10-8-6-2)19-13-11-18(12-14-19)17(3)4;1-5-7-14(6-2)16-15-10-8-13(9-11-15)12(3)4/h6-23H,1-5H3;11-23H,5-10H2,1-4H3;6-10,12-20H,4-5,11H2,1-3H3;11-14,17H,5-10,15-16H2,1-4H3;8-12,14H,5-7H2,1-4H3. The van der Waals surface area contributed by atoms with Crippen LogP contribution in [0.2, 0.25) is 0 Å². The molecule has 0 bridgehead atoms. The molecule has 0 amide bonds. The van der Waals surface area contributed by atoms with E-state index in [1.807, 2.05) is 146 Å². The summed E-state index contributed by atoms with van der Waals surface area (Å²) in [4.78, 5) is 59.5. The topological polar surface area (TPSA) is 90.5 Å². The molecular weight excluding hydrogens is 1610 g/mol. The maximum absolute atomic E-state index is 13.1. The second-order valence-electron chi connectivity index (χ2n) is 37.6. The average Bonchev–Trinajstić information content (AvgIpc) is 0.806. The molecule has 132 heavy (non-hydrogen) atoms. The number of benzene rings is 12. The largest absolute Gasteiger partial charge is 0.490 e. The number of ketones is 4. The van der Waals surface area contributed by atoms with Crippen molar-refractivity contribution >= 4 is 80.0 Å². The summed E-state index contributed by atoms with van der Waals surface area (Å²) < 4.78 is 5.94. The number of ether oxygens (including phenoxy) is 1. The van der Waals surface area contributed by atoms with Crippen molar-refractivity contribution in [2.45, 2.75) is 295 Å². The second kappa shape index (κ2) is 55.6. The molecule has 698 valence electrons. The SMILES string of the molecule is CC(C)c1ccc(N(c2ccccc2)c2ccc(C(=O)c3ccc(C(C)(C)C)cc3)cc2)cc1.CCCC(CC)Oc1ccc(C(C)C)cc1.CCCCC(=O)c1ccc(N(c2ccc(C(=O)CCCC)cc2)c2ccc(C(C)C)cc2)cc1.CCCCC(=O)c1ccc(N(c2ccccc2)c2ccc(C(C)C)cc2)cc1.CCCCCN(CCCCC)c1ccc(C(C)C)cc1. The normalized spacial score (nSPS) is 11.3. The highest BCUT2D eigenvalue weighted by Crippen LogP contribution is 2.40. The molecule has 1 atom stereocenters. The van der Waals surface area contributed by atoms with Crippen LogP contribution in [0.25, 0.3) is 0 Å². The Morgan fingerprint density at radius 3 is 0.758 bits per heavy atom. The molecule has 12 aromatic carbocycles. The maximum Gasteiger partial charge on any atom is 0.193 e. The quantitative estimate of drug-likeness (QED) is 0.0274. The van der Waals surface area contributed by atoms with E-state index in [4.69, 9.17) is 4.74 Å². The number of rotatable bonds is 42. The smallest absolute Gasteiger partial charge is 0.193 e. The van der Waals surface area contributed by atoms with E-state index in [-0.39, 0.29) is 28.5 Å². The van der Waals surface area contributed by atoms with Crippen molar-refractivity contribution < 1.29 is 23.9 Å². The summed E-state index contributed by atoms with van der Waals surface area (Å²) in [5, 5.41) is 0. The molecule has 12 aromatic rings. The lowest BCUT2D eigenvalue weighted by molar-refractivity contribution is 0.0972. The molecule has 9 heteroatoms. The third kappa shape index (κ3) is 33.2. The molecule has 0 saturated carbocycles. The Kier molecular flexibility index (Phi) is 44.5. The van der Waals surface area contributed by atoms with Gasteiger partial charge in [0.25, 0.3) is 0 Å². The predicted octanol–water partition coefficient (Wildman–Crippen LogP) is 36.3. The van der Waals surface area contributed by atoms with E-state index >= 15 is 0 Å². The molecular formula is C123H156N4O5. The van der Waals surface area contributed by atoms with Crippen LogP contribution in [0.1, 0.15) is 364 Å². The molecule has 0 aliphatic heterocycles. The van der Waals surface area contributed by atoms with Gasteiger partial charge in [-0.1, -0.05) is 311 Å². The fraction of sp³-hybridized carbons (Fsp3) is 0.382. The first-order chi connectivity index (χ1) is 63.6. The monoisotopic (exact) mass is 1770 g/mol. The molecule has 0 spiro atoms. The predicted molar refractivity (Wildman–Crippen MR) is 568 cm³/mol. The summed E-state index contributed by atoms with van der Waals surface area (Å²) in [6.45, 7) is 46.3. The second-order valence-corrected chi connectivity index (χ2v) is 37.6. The lowest BCUT2D eigenvalue weighted by atomic mass is 9.86. The third-order valence-electron chi connectivity index (χ3n) is 24.4. The number of para-hydroxylation sites is 2. The minimum Gasteiger partial charge on any atom is -0.490 e. The van der Waals surface area contributed by atoms with Crippen LogP contribution >= 0.6 is 0 Å². The molecule has 0 radical (unpaired) electrons. The highest BCUT2D eigenvalue weighted by molar-refractivity contribution is 6.09. The van der Waals surface area contributed by atoms with Gasteiger partial charge in [-0.25, -0.2) is 0 Å². The zero-order valence-corrected chi connectivity index (χ0v) is 83.8. The number of unbranched alkanes of at least 4 members (excludes halogenated alkanes) is 7. The molecule has 0 aromatic heterocycles.